The van der Waals surface area contributed by atoms with Crippen molar-refractivity contribution in [2.45, 2.75) is 39.3 Å². The minimum atomic E-state index is -0.272. The molecule has 0 amide bonds. The predicted molar refractivity (Wildman–Crippen MR) is 128 cm³/mol. The molecule has 0 atom stereocenters. The van der Waals surface area contributed by atoms with E-state index < -0.39 is 0 Å². The number of fused-ring (bicyclic) bond motifs is 2. The molecule has 0 bridgehead atoms. The predicted octanol–water partition coefficient (Wildman–Crippen LogP) is 4.40. The van der Waals surface area contributed by atoms with Crippen molar-refractivity contribution in [2.75, 3.05) is 24.3 Å². The average Bonchev–Trinajstić information content (AvgIpc) is 3.15. The highest BCUT2D eigenvalue weighted by Crippen LogP contribution is 2.35. The molecule has 7 heteroatoms. The molecule has 3 heterocycles. The molecule has 4 aromatic rings. The van der Waals surface area contributed by atoms with Gasteiger partial charge >= 0.3 is 0 Å². The number of aromatic nitrogens is 4. The van der Waals surface area contributed by atoms with E-state index >= 15 is 0 Å². The largest absolute Gasteiger partial charge is 0.497 e. The van der Waals surface area contributed by atoms with Crippen molar-refractivity contribution in [2.24, 2.45) is 0 Å². The van der Waals surface area contributed by atoms with Gasteiger partial charge in [0.05, 0.1) is 23.7 Å². The molecule has 0 saturated heterocycles. The second kappa shape index (κ2) is 7.51. The SMILES string of the molecule is COc1ccc(-c2nc(N3CCc4ccccc4C3)nc3nn(C(C)(C)C)c(N)c23)cc1. The Kier molecular flexibility index (Phi) is 4.77. The fourth-order valence-electron chi connectivity index (χ4n) is 4.28. The molecule has 0 spiro atoms. The van der Waals surface area contributed by atoms with E-state index in [1.165, 1.54) is 11.1 Å². The van der Waals surface area contributed by atoms with Crippen molar-refractivity contribution in [3.8, 4) is 17.0 Å². The van der Waals surface area contributed by atoms with E-state index in [0.717, 1.165) is 41.9 Å². The summed E-state index contributed by atoms with van der Waals surface area (Å²) in [6, 6.07) is 16.4. The quantitative estimate of drug-likeness (QED) is 0.521. The highest BCUT2D eigenvalue weighted by molar-refractivity contribution is 5.99. The summed E-state index contributed by atoms with van der Waals surface area (Å²) in [4.78, 5) is 12.1. The zero-order valence-electron chi connectivity index (χ0n) is 19.0. The van der Waals surface area contributed by atoms with Gasteiger partial charge in [-0.05, 0) is 62.6 Å². The maximum atomic E-state index is 6.59. The maximum Gasteiger partial charge on any atom is 0.228 e. The molecule has 5 rings (SSSR count). The maximum absolute atomic E-state index is 6.59. The Balaban J connectivity index is 1.68. The van der Waals surface area contributed by atoms with Gasteiger partial charge < -0.3 is 15.4 Å². The summed E-state index contributed by atoms with van der Waals surface area (Å²) in [5.41, 5.74) is 11.4. The van der Waals surface area contributed by atoms with Crippen molar-refractivity contribution in [3.05, 3.63) is 59.7 Å². The summed E-state index contributed by atoms with van der Waals surface area (Å²) in [5.74, 6) is 2.05. The Hall–Kier alpha value is -3.61. The lowest BCUT2D eigenvalue weighted by Crippen LogP contribution is -2.31. The molecular formula is C25H28N6O. The Morgan fingerprint density at radius 1 is 0.969 bits per heavy atom. The number of nitrogens with zero attached hydrogens (tertiary/aromatic N) is 5. The van der Waals surface area contributed by atoms with Gasteiger partial charge in [0.1, 0.15) is 11.6 Å². The van der Waals surface area contributed by atoms with Crippen LogP contribution < -0.4 is 15.4 Å². The van der Waals surface area contributed by atoms with Crippen molar-refractivity contribution < 1.29 is 4.74 Å². The van der Waals surface area contributed by atoms with Crippen LogP contribution in [0, 0.1) is 0 Å². The van der Waals surface area contributed by atoms with E-state index in [9.17, 15) is 0 Å². The first-order chi connectivity index (χ1) is 15.3. The summed E-state index contributed by atoms with van der Waals surface area (Å²) in [6.45, 7) is 7.88. The molecule has 2 N–H and O–H groups in total. The average molecular weight is 429 g/mol. The molecule has 0 aliphatic carbocycles. The third-order valence-electron chi connectivity index (χ3n) is 5.97. The topological polar surface area (TPSA) is 82.1 Å². The van der Waals surface area contributed by atoms with Gasteiger partial charge in [-0.15, -0.1) is 5.10 Å². The van der Waals surface area contributed by atoms with Gasteiger partial charge in [0, 0.05) is 18.7 Å². The van der Waals surface area contributed by atoms with Crippen LogP contribution in [0.3, 0.4) is 0 Å². The molecule has 1 aliphatic heterocycles. The fraction of sp³-hybridized carbons (Fsp3) is 0.320. The monoisotopic (exact) mass is 428 g/mol. The summed E-state index contributed by atoms with van der Waals surface area (Å²) in [7, 11) is 1.66. The molecule has 164 valence electrons. The van der Waals surface area contributed by atoms with Gasteiger partial charge in [0.15, 0.2) is 5.65 Å². The molecule has 0 unspecified atom stereocenters. The number of hydrogen-bond donors (Lipinski definition) is 1. The van der Waals surface area contributed by atoms with Gasteiger partial charge in [-0.25, -0.2) is 9.67 Å². The molecule has 2 aromatic heterocycles. The number of nitrogens with two attached hydrogens (primary N) is 1. The first-order valence-electron chi connectivity index (χ1n) is 10.9. The zero-order valence-corrected chi connectivity index (χ0v) is 19.0. The first-order valence-corrected chi connectivity index (χ1v) is 10.9. The van der Waals surface area contributed by atoms with E-state index in [0.29, 0.717) is 17.4 Å². The summed E-state index contributed by atoms with van der Waals surface area (Å²) in [6.07, 6.45) is 0.966. The number of nitrogen functional groups attached to an aromatic ring is 1. The highest BCUT2D eigenvalue weighted by atomic mass is 16.5. The minimum Gasteiger partial charge on any atom is -0.497 e. The zero-order chi connectivity index (χ0) is 22.5. The van der Waals surface area contributed by atoms with Crippen LogP contribution in [0.4, 0.5) is 11.8 Å². The number of methoxy groups -OCH3 is 1. The molecular weight excluding hydrogens is 400 g/mol. The molecule has 1 aliphatic rings. The van der Waals surface area contributed by atoms with Crippen molar-refractivity contribution in [3.63, 3.8) is 0 Å². The van der Waals surface area contributed by atoms with Crippen LogP contribution in [0.2, 0.25) is 0 Å². The van der Waals surface area contributed by atoms with Gasteiger partial charge in [0.2, 0.25) is 5.95 Å². The third-order valence-corrected chi connectivity index (χ3v) is 5.97. The second-order valence-corrected chi connectivity index (χ2v) is 9.21. The van der Waals surface area contributed by atoms with Gasteiger partial charge in [-0.1, -0.05) is 24.3 Å². The highest BCUT2D eigenvalue weighted by Gasteiger charge is 2.26. The van der Waals surface area contributed by atoms with Crippen molar-refractivity contribution >= 4 is 22.8 Å². The van der Waals surface area contributed by atoms with Crippen molar-refractivity contribution in [1.29, 1.82) is 0 Å². The normalized spacial score (nSPS) is 13.9. The van der Waals surface area contributed by atoms with Crippen molar-refractivity contribution in [1.82, 2.24) is 19.7 Å². The Morgan fingerprint density at radius 2 is 1.69 bits per heavy atom. The third kappa shape index (κ3) is 3.43. The van der Waals surface area contributed by atoms with E-state index in [1.54, 1.807) is 7.11 Å². The van der Waals surface area contributed by atoms with E-state index in [-0.39, 0.29) is 5.54 Å². The molecule has 2 aromatic carbocycles. The van der Waals surface area contributed by atoms with Crippen LogP contribution in [0.5, 0.6) is 5.75 Å². The number of benzene rings is 2. The molecule has 0 radical (unpaired) electrons. The molecule has 0 fully saturated rings. The summed E-state index contributed by atoms with van der Waals surface area (Å²) < 4.78 is 7.18. The minimum absolute atomic E-state index is 0.272. The van der Waals surface area contributed by atoms with Crippen LogP contribution in [0.1, 0.15) is 31.9 Å². The Bertz CT molecular complexity index is 1290. The van der Waals surface area contributed by atoms with Crippen LogP contribution in [-0.2, 0) is 18.5 Å². The van der Waals surface area contributed by atoms with E-state index in [1.807, 2.05) is 28.9 Å². The lowest BCUT2D eigenvalue weighted by Gasteiger charge is -2.29. The number of ether oxygens (including phenoxy) is 1. The van der Waals surface area contributed by atoms with E-state index in [4.69, 9.17) is 25.5 Å². The second-order valence-electron chi connectivity index (χ2n) is 9.21. The lowest BCUT2D eigenvalue weighted by molar-refractivity contribution is 0.364. The lowest BCUT2D eigenvalue weighted by atomic mass is 10.0. The van der Waals surface area contributed by atoms with Gasteiger partial charge in [-0.2, -0.15) is 4.98 Å². The van der Waals surface area contributed by atoms with Gasteiger partial charge in [0.25, 0.3) is 0 Å². The van der Waals surface area contributed by atoms with E-state index in [2.05, 4.69) is 49.9 Å². The molecule has 32 heavy (non-hydrogen) atoms. The summed E-state index contributed by atoms with van der Waals surface area (Å²) in [5, 5.41) is 5.58. The number of anilines is 2. The fourth-order valence-corrected chi connectivity index (χ4v) is 4.28. The Labute approximate surface area is 187 Å². The van der Waals surface area contributed by atoms with Crippen LogP contribution >= 0.6 is 0 Å². The van der Waals surface area contributed by atoms with Crippen LogP contribution in [-0.4, -0.2) is 33.4 Å². The van der Waals surface area contributed by atoms with Gasteiger partial charge in [-0.3, -0.25) is 0 Å². The molecule has 7 nitrogen and oxygen atoms in total. The van der Waals surface area contributed by atoms with Crippen LogP contribution in [0.15, 0.2) is 48.5 Å². The standard InChI is InChI=1S/C25H28N6O/c1-25(2,3)31-22(26)20-21(17-9-11-19(32-4)12-10-17)27-24(28-23(20)29-31)30-14-13-16-7-5-6-8-18(16)15-30/h5-12H,13-15,26H2,1-4H3. The first kappa shape index (κ1) is 20.3. The number of rotatable bonds is 3. The summed E-state index contributed by atoms with van der Waals surface area (Å²) >= 11 is 0. The smallest absolute Gasteiger partial charge is 0.228 e. The Morgan fingerprint density at radius 3 is 2.38 bits per heavy atom. The number of hydrogen-bond acceptors (Lipinski definition) is 6. The molecule has 0 saturated carbocycles. The van der Waals surface area contributed by atoms with Crippen LogP contribution in [0.25, 0.3) is 22.3 Å².